The third-order valence-corrected chi connectivity index (χ3v) is 2.07. The minimum atomic E-state index is 0.704. The van der Waals surface area contributed by atoms with Gasteiger partial charge in [0.1, 0.15) is 0 Å². The highest BCUT2D eigenvalue weighted by atomic mass is 14.1. The molecule has 0 aromatic rings. The quantitative estimate of drug-likeness (QED) is 0.485. The van der Waals surface area contributed by atoms with E-state index in [1.807, 2.05) is 0 Å². The third-order valence-electron chi connectivity index (χ3n) is 2.07. The van der Waals surface area contributed by atoms with Gasteiger partial charge in [0.05, 0.1) is 0 Å². The van der Waals surface area contributed by atoms with Crippen molar-refractivity contribution in [3.63, 3.8) is 0 Å². The number of allylic oxidation sites excluding steroid dienone is 1. The average molecular weight is 136 g/mol. The zero-order valence-electron chi connectivity index (χ0n) is 7.20. The van der Waals surface area contributed by atoms with Crippen LogP contribution >= 0.6 is 0 Å². The molecule has 0 heteroatoms. The fourth-order valence-electron chi connectivity index (χ4n) is 1.38. The van der Waals surface area contributed by atoms with Gasteiger partial charge >= 0.3 is 0 Å². The Hall–Kier alpha value is -0.480. The molecule has 0 bridgehead atoms. The molecule has 0 nitrogen and oxygen atoms in total. The molecule has 0 radical (unpaired) electrons. The van der Waals surface area contributed by atoms with E-state index in [2.05, 4.69) is 26.5 Å². The molecule has 1 rings (SSSR count). The highest BCUT2D eigenvalue weighted by molar-refractivity contribution is 5.13. The lowest BCUT2D eigenvalue weighted by atomic mass is 9.92. The lowest BCUT2D eigenvalue weighted by Crippen LogP contribution is -1.97. The smallest absolute Gasteiger partial charge is 0.0184 e. The van der Waals surface area contributed by atoms with Crippen LogP contribution in [0.15, 0.2) is 16.9 Å². The minimum absolute atomic E-state index is 0.704. The summed E-state index contributed by atoms with van der Waals surface area (Å²) < 4.78 is 0. The summed E-state index contributed by atoms with van der Waals surface area (Å²) in [5.41, 5.74) is 6.41. The average Bonchev–Trinajstić information content (AvgIpc) is 1.88. The first-order chi connectivity index (χ1) is 4.70. The van der Waals surface area contributed by atoms with E-state index in [0.717, 1.165) is 0 Å². The topological polar surface area (TPSA) is 0 Å². The van der Waals surface area contributed by atoms with Crippen molar-refractivity contribution in [2.75, 3.05) is 0 Å². The first-order valence-electron chi connectivity index (χ1n) is 4.15. The lowest BCUT2D eigenvalue weighted by molar-refractivity contribution is 0.665. The van der Waals surface area contributed by atoms with Crippen LogP contribution in [0.1, 0.15) is 40.0 Å². The predicted octanol–water partition coefficient (Wildman–Crippen LogP) is 3.30. The van der Waals surface area contributed by atoms with Gasteiger partial charge in [-0.25, -0.2) is 0 Å². The fraction of sp³-hybridized carbons (Fsp3) is 0.700. The first-order valence-corrected chi connectivity index (χ1v) is 4.15. The second kappa shape index (κ2) is 3.07. The van der Waals surface area contributed by atoms with Gasteiger partial charge in [-0.3, -0.25) is 0 Å². The van der Waals surface area contributed by atoms with Gasteiger partial charge in [-0.2, -0.15) is 0 Å². The van der Waals surface area contributed by atoms with Crippen molar-refractivity contribution in [3.8, 4) is 0 Å². The van der Waals surface area contributed by atoms with Crippen molar-refractivity contribution in [1.29, 1.82) is 0 Å². The second-order valence-corrected chi connectivity index (χ2v) is 3.44. The largest absolute Gasteiger partial charge is 0.123 e. The molecule has 10 heavy (non-hydrogen) atoms. The molecule has 56 valence electrons. The maximum atomic E-state index is 3.45. The van der Waals surface area contributed by atoms with Crippen molar-refractivity contribution in [2.24, 2.45) is 5.92 Å². The van der Waals surface area contributed by atoms with Gasteiger partial charge in [-0.05, 0) is 43.3 Å². The van der Waals surface area contributed by atoms with E-state index < -0.39 is 0 Å². The lowest BCUT2D eigenvalue weighted by Gasteiger charge is -2.12. The van der Waals surface area contributed by atoms with Gasteiger partial charge in [0, 0.05) is 0 Å². The van der Waals surface area contributed by atoms with E-state index >= 15 is 0 Å². The summed E-state index contributed by atoms with van der Waals surface area (Å²) in [4.78, 5) is 0. The summed E-state index contributed by atoms with van der Waals surface area (Å²) in [5, 5.41) is 0. The summed E-state index contributed by atoms with van der Waals surface area (Å²) in [5.74, 6) is 0.704. The van der Waals surface area contributed by atoms with Crippen LogP contribution in [-0.4, -0.2) is 0 Å². The standard InChI is InChI=1S/C10H16/c1-8(2)10-6-4-5-9(3)7-10/h8H,4-6H2,1-3H3. The van der Waals surface area contributed by atoms with E-state index in [1.165, 1.54) is 30.4 Å². The zero-order valence-corrected chi connectivity index (χ0v) is 7.20. The fourth-order valence-corrected chi connectivity index (χ4v) is 1.38. The molecule has 0 atom stereocenters. The Morgan fingerprint density at radius 3 is 2.40 bits per heavy atom. The van der Waals surface area contributed by atoms with Crippen molar-refractivity contribution in [1.82, 2.24) is 0 Å². The summed E-state index contributed by atoms with van der Waals surface area (Å²) in [6, 6.07) is 0. The zero-order chi connectivity index (χ0) is 7.56. The molecule has 0 heterocycles. The van der Waals surface area contributed by atoms with Crippen molar-refractivity contribution < 1.29 is 0 Å². The van der Waals surface area contributed by atoms with E-state index in [-0.39, 0.29) is 0 Å². The van der Waals surface area contributed by atoms with Crippen LogP contribution < -0.4 is 0 Å². The first kappa shape index (κ1) is 7.63. The summed E-state index contributed by atoms with van der Waals surface area (Å²) in [6.45, 7) is 6.68. The summed E-state index contributed by atoms with van der Waals surface area (Å²) in [7, 11) is 0. The van der Waals surface area contributed by atoms with E-state index in [1.54, 1.807) is 0 Å². The van der Waals surface area contributed by atoms with E-state index in [0.29, 0.717) is 5.92 Å². The maximum Gasteiger partial charge on any atom is -0.0184 e. The van der Waals surface area contributed by atoms with Crippen molar-refractivity contribution in [3.05, 3.63) is 16.9 Å². The van der Waals surface area contributed by atoms with E-state index in [9.17, 15) is 0 Å². The van der Waals surface area contributed by atoms with Gasteiger partial charge in [0.25, 0.3) is 0 Å². The van der Waals surface area contributed by atoms with Crippen LogP contribution in [0, 0.1) is 5.92 Å². The molecule has 0 aliphatic heterocycles. The molecule has 0 aromatic heterocycles. The molecule has 0 unspecified atom stereocenters. The van der Waals surface area contributed by atoms with Crippen LogP contribution in [0.25, 0.3) is 0 Å². The van der Waals surface area contributed by atoms with Crippen molar-refractivity contribution >= 4 is 0 Å². The molecule has 0 N–H and O–H groups in total. The van der Waals surface area contributed by atoms with Crippen LogP contribution in [-0.2, 0) is 0 Å². The molecule has 0 spiro atoms. The Labute approximate surface area is 63.6 Å². The highest BCUT2D eigenvalue weighted by Crippen LogP contribution is 2.22. The Bertz CT molecular complexity index is 178. The van der Waals surface area contributed by atoms with Gasteiger partial charge < -0.3 is 0 Å². The van der Waals surface area contributed by atoms with Crippen LogP contribution in [0.5, 0.6) is 0 Å². The number of hydrogen-bond acceptors (Lipinski definition) is 0. The predicted molar refractivity (Wildman–Crippen MR) is 44.9 cm³/mol. The summed E-state index contributed by atoms with van der Waals surface area (Å²) in [6.07, 6.45) is 3.87. The molecule has 0 saturated heterocycles. The van der Waals surface area contributed by atoms with Gasteiger partial charge in [0.2, 0.25) is 0 Å². The van der Waals surface area contributed by atoms with Gasteiger partial charge in [-0.1, -0.05) is 13.8 Å². The third kappa shape index (κ3) is 1.75. The Balaban J connectivity index is 2.83. The number of hydrogen-bond donors (Lipinski definition) is 0. The maximum absolute atomic E-state index is 3.45. The second-order valence-electron chi connectivity index (χ2n) is 3.44. The van der Waals surface area contributed by atoms with Crippen LogP contribution in [0.2, 0.25) is 0 Å². The Morgan fingerprint density at radius 2 is 2.00 bits per heavy atom. The molecule has 1 aliphatic rings. The number of rotatable bonds is 1. The summed E-state index contributed by atoms with van der Waals surface area (Å²) >= 11 is 0. The molecule has 1 aliphatic carbocycles. The molecule has 0 fully saturated rings. The molecule has 0 aromatic carbocycles. The van der Waals surface area contributed by atoms with Crippen LogP contribution in [0.3, 0.4) is 0 Å². The molecule has 0 amide bonds. The molecular formula is C10H16. The Morgan fingerprint density at radius 1 is 1.30 bits per heavy atom. The normalized spacial score (nSPS) is 18.8. The van der Waals surface area contributed by atoms with Crippen molar-refractivity contribution in [2.45, 2.75) is 40.0 Å². The Kier molecular flexibility index (Phi) is 2.34. The monoisotopic (exact) mass is 136 g/mol. The van der Waals surface area contributed by atoms with Crippen LogP contribution in [0.4, 0.5) is 0 Å². The minimum Gasteiger partial charge on any atom is -0.123 e. The highest BCUT2D eigenvalue weighted by Gasteiger charge is 2.06. The van der Waals surface area contributed by atoms with E-state index in [4.69, 9.17) is 0 Å². The van der Waals surface area contributed by atoms with Gasteiger partial charge in [-0.15, -0.1) is 5.73 Å². The SMILES string of the molecule is CC1=C=C(C(C)C)CCC1. The van der Waals surface area contributed by atoms with Gasteiger partial charge in [0.15, 0.2) is 0 Å². The molecular weight excluding hydrogens is 120 g/mol. The molecule has 0 saturated carbocycles.